The zero-order valence-electron chi connectivity index (χ0n) is 78.2. The van der Waals surface area contributed by atoms with Gasteiger partial charge in [0.25, 0.3) is 0 Å². The fourth-order valence-electron chi connectivity index (χ4n) is 21.9. The lowest BCUT2D eigenvalue weighted by Crippen LogP contribution is -2.36. The molecule has 2 atom stereocenters. The Bertz CT molecular complexity index is 8930. The van der Waals surface area contributed by atoms with Crippen molar-refractivity contribution in [2.45, 2.75) is 90.9 Å². The quantitative estimate of drug-likeness (QED) is 0.107. The highest BCUT2D eigenvalue weighted by molar-refractivity contribution is 6.11. The summed E-state index contributed by atoms with van der Waals surface area (Å²) < 4.78 is 25.1. The maximum absolute atomic E-state index is 6.35. The number of aromatic nitrogens is 9. The van der Waals surface area contributed by atoms with Gasteiger partial charge < -0.3 is 17.7 Å². The van der Waals surface area contributed by atoms with Crippen LogP contribution in [0.25, 0.3) is 235 Å². The van der Waals surface area contributed by atoms with E-state index >= 15 is 0 Å². The van der Waals surface area contributed by atoms with Crippen LogP contribution in [-0.2, 0) is 16.2 Å². The van der Waals surface area contributed by atoms with Crippen LogP contribution in [0.5, 0.6) is 0 Å². The minimum Gasteiger partial charge on any atom is -0.456 e. The van der Waals surface area contributed by atoms with Crippen LogP contribution in [0.15, 0.2) is 400 Å². The number of benzene rings is 17. The number of hydrogen-bond acceptors (Lipinski definition) is 13. The van der Waals surface area contributed by atoms with Crippen molar-refractivity contribution in [3.63, 3.8) is 0 Å². The van der Waals surface area contributed by atoms with Gasteiger partial charge in [0, 0.05) is 109 Å². The lowest BCUT2D eigenvalue weighted by molar-refractivity contribution is 0.255. The van der Waals surface area contributed by atoms with Gasteiger partial charge in [-0.25, -0.2) is 44.9 Å². The molecular weight excluding hydrogens is 1700 g/mol. The van der Waals surface area contributed by atoms with Gasteiger partial charge in [-0.05, 0) is 206 Å². The molecule has 13 heteroatoms. The van der Waals surface area contributed by atoms with Gasteiger partial charge in [-0.15, -0.1) is 0 Å². The van der Waals surface area contributed by atoms with Crippen molar-refractivity contribution >= 4 is 87.8 Å². The van der Waals surface area contributed by atoms with Crippen LogP contribution < -0.4 is 0 Å². The molecule has 139 heavy (non-hydrogen) atoms. The van der Waals surface area contributed by atoms with Crippen LogP contribution in [0.3, 0.4) is 0 Å². The predicted octanol–water partition coefficient (Wildman–Crippen LogP) is 33.0. The minimum absolute atomic E-state index is 0.0484. The second-order valence-corrected chi connectivity index (χ2v) is 38.2. The third-order valence-electron chi connectivity index (χ3n) is 29.9. The van der Waals surface area contributed by atoms with Crippen LogP contribution in [0, 0.1) is 5.41 Å². The van der Waals surface area contributed by atoms with E-state index in [1.807, 2.05) is 206 Å². The van der Waals surface area contributed by atoms with Crippen molar-refractivity contribution in [1.29, 1.82) is 0 Å². The van der Waals surface area contributed by atoms with E-state index in [9.17, 15) is 0 Å². The minimum atomic E-state index is -0.221. The fraction of sp³-hybridized carbons (Fsp3) is 0.119. The average molecular weight is 1800 g/mol. The van der Waals surface area contributed by atoms with Crippen molar-refractivity contribution in [3.8, 4) is 147 Å². The Labute approximate surface area is 803 Å². The Balaban J connectivity index is 0.000000111. The van der Waals surface area contributed by atoms with E-state index in [4.69, 9.17) is 62.5 Å². The van der Waals surface area contributed by atoms with Crippen LogP contribution >= 0.6 is 0 Å². The van der Waals surface area contributed by atoms with Crippen molar-refractivity contribution in [2.24, 2.45) is 5.41 Å². The van der Waals surface area contributed by atoms with Crippen molar-refractivity contribution in [1.82, 2.24) is 44.9 Å². The number of rotatable bonds is 13. The summed E-state index contributed by atoms with van der Waals surface area (Å²) in [5.41, 5.74) is 33.2. The molecule has 0 spiro atoms. The second kappa shape index (κ2) is 32.9. The van der Waals surface area contributed by atoms with E-state index in [2.05, 4.69) is 231 Å². The molecule has 7 heterocycles. The Morgan fingerprint density at radius 3 is 0.849 bits per heavy atom. The van der Waals surface area contributed by atoms with Gasteiger partial charge in [0.15, 0.2) is 52.4 Å². The molecule has 7 aromatic heterocycles. The SMILES string of the molecule is CC(C)(C)C1(C)c2cc(-c3cccc(-c4nc(-c5ccccc5)nc(-c5ccccc5)n4)c3)ccc2-c2cc3oc4ccccc4c3cc21.CCC1(C)c2cc(-c3nc(-c4ccccc4)nc(-c4ccccc4)n3)ccc2-c2cc3oc4ccccc4c3cc21.CCC1(CC)c2cc(-c3nc(-c4ccccc4)nc(-c4ccc5oc6ccccc6c5c4)n3)ccc2-c2cc3oc4ccccc4c3cc21. The fourth-order valence-corrected chi connectivity index (χ4v) is 21.9. The molecule has 13 nitrogen and oxygen atoms in total. The van der Waals surface area contributed by atoms with E-state index in [0.717, 1.165) is 146 Å². The Kier molecular flexibility index (Phi) is 19.8. The molecule has 24 aromatic rings. The number of nitrogens with zero attached hydrogens (tertiary/aromatic N) is 9. The first-order chi connectivity index (χ1) is 68.0. The average Bonchev–Trinajstić information content (AvgIpc) is 1.54. The third-order valence-corrected chi connectivity index (χ3v) is 29.9. The Morgan fingerprint density at radius 2 is 0.446 bits per heavy atom. The standard InChI is InChI=1S/C45H35N3O.C44H31N3O2.C37H27N3O/c1-44(2,3)45(4)37-25-31(22-23-33(37)35-27-40-36(26-38(35)45)34-20-11-12-21-39(34)49-40)30-18-13-19-32(24-30)43-47-41(28-14-7-5-8-15-28)46-42(48-43)29-16-9-6-10-17-29;1-3-44(4-2)35-23-28(18-20-29(35)32-25-40-34(24-36(32)44)31-15-9-11-17-38(31)49-40)43-46-41(26-12-6-5-7-13-26)45-42(47-43)27-19-21-39-33(22-27)30-14-8-10-16-37(30)48-39;1-3-37(2)30-20-25(18-19-26(30)28-22-33-29(21-31(28)37)27-16-10-11-17-32(27)41-33)36-39-34(23-12-6-4-7-13-23)38-35(40-36)24-14-8-5-9-15-24/h5-27H,1-4H3;5-25H,3-4H2,1-2H3;4-22H,3H2,1-2H3. The van der Waals surface area contributed by atoms with Gasteiger partial charge >= 0.3 is 0 Å². The number of para-hydroxylation sites is 4. The van der Waals surface area contributed by atoms with E-state index in [0.29, 0.717) is 52.4 Å². The van der Waals surface area contributed by atoms with E-state index < -0.39 is 0 Å². The molecule has 17 aromatic carbocycles. The summed E-state index contributed by atoms with van der Waals surface area (Å²) in [4.78, 5) is 44.9. The maximum Gasteiger partial charge on any atom is 0.164 e. The summed E-state index contributed by atoms with van der Waals surface area (Å²) in [6, 6.07) is 133. The third kappa shape index (κ3) is 13.9. The lowest BCUT2D eigenvalue weighted by atomic mass is 9.62. The number of furan rings is 4. The van der Waals surface area contributed by atoms with Gasteiger partial charge in [-0.3, -0.25) is 0 Å². The first-order valence-corrected chi connectivity index (χ1v) is 47.9. The Hall–Kier alpha value is -17.0. The lowest BCUT2D eigenvalue weighted by Gasteiger charge is -2.41. The van der Waals surface area contributed by atoms with Crippen LogP contribution in [-0.4, -0.2) is 44.9 Å². The van der Waals surface area contributed by atoms with E-state index in [-0.39, 0.29) is 21.7 Å². The zero-order chi connectivity index (χ0) is 93.6. The summed E-state index contributed by atoms with van der Waals surface area (Å²) in [5.74, 6) is 5.91. The number of fused-ring (bicyclic) bond motifs is 21. The highest BCUT2D eigenvalue weighted by atomic mass is 16.3. The molecule has 27 rings (SSSR count). The monoisotopic (exact) mass is 1800 g/mol. The molecule has 0 amide bonds. The molecule has 0 aliphatic heterocycles. The van der Waals surface area contributed by atoms with Gasteiger partial charge in [0.1, 0.15) is 44.7 Å². The summed E-state index contributed by atoms with van der Waals surface area (Å²) in [7, 11) is 0. The van der Waals surface area contributed by atoms with Gasteiger partial charge in [-0.1, -0.05) is 334 Å². The maximum atomic E-state index is 6.35. The van der Waals surface area contributed by atoms with Crippen molar-refractivity contribution in [2.75, 3.05) is 0 Å². The summed E-state index contributed by atoms with van der Waals surface area (Å²) in [5, 5.41) is 9.11. The molecule has 666 valence electrons. The molecule has 3 aliphatic rings. The number of hydrogen-bond donors (Lipinski definition) is 0. The van der Waals surface area contributed by atoms with Crippen LogP contribution in [0.1, 0.15) is 108 Å². The molecule has 0 fully saturated rings. The molecule has 0 saturated heterocycles. The van der Waals surface area contributed by atoms with Crippen molar-refractivity contribution < 1.29 is 17.7 Å². The van der Waals surface area contributed by atoms with E-state index in [1.165, 1.54) is 88.5 Å². The highest BCUT2D eigenvalue weighted by Gasteiger charge is 2.49. The first-order valence-electron chi connectivity index (χ1n) is 47.9. The van der Waals surface area contributed by atoms with Gasteiger partial charge in [-0.2, -0.15) is 0 Å². The zero-order valence-corrected chi connectivity index (χ0v) is 78.2. The molecule has 2 unspecified atom stereocenters. The second-order valence-electron chi connectivity index (χ2n) is 38.2. The molecule has 0 N–H and O–H groups in total. The molecule has 0 bridgehead atoms. The molecule has 0 radical (unpaired) electrons. The smallest absolute Gasteiger partial charge is 0.164 e. The first kappa shape index (κ1) is 83.8. The molecule has 3 aliphatic carbocycles. The van der Waals surface area contributed by atoms with Crippen molar-refractivity contribution in [3.05, 3.63) is 416 Å². The summed E-state index contributed by atoms with van der Waals surface area (Å²) in [6.07, 6.45) is 2.93. The van der Waals surface area contributed by atoms with Gasteiger partial charge in [0.05, 0.1) is 0 Å². The summed E-state index contributed by atoms with van der Waals surface area (Å²) >= 11 is 0. The van der Waals surface area contributed by atoms with Crippen LogP contribution in [0.4, 0.5) is 0 Å². The summed E-state index contributed by atoms with van der Waals surface area (Å²) in [6.45, 7) is 18.7. The topological polar surface area (TPSA) is 169 Å². The predicted molar refractivity (Wildman–Crippen MR) is 563 cm³/mol. The molecular formula is C126H93N9O4. The largest absolute Gasteiger partial charge is 0.456 e. The van der Waals surface area contributed by atoms with Crippen LogP contribution in [0.2, 0.25) is 0 Å². The van der Waals surface area contributed by atoms with E-state index in [1.54, 1.807) is 0 Å². The molecule has 0 saturated carbocycles. The normalized spacial score (nSPS) is 14.8. The van der Waals surface area contributed by atoms with Gasteiger partial charge in [0.2, 0.25) is 0 Å². The Morgan fingerprint density at radius 1 is 0.194 bits per heavy atom. The highest BCUT2D eigenvalue weighted by Crippen LogP contribution is 2.61.